The van der Waals surface area contributed by atoms with Crippen molar-refractivity contribution in [1.82, 2.24) is 34.3 Å². The van der Waals surface area contributed by atoms with E-state index < -0.39 is 0 Å². The normalized spacial score (nSPS) is 11.5. The summed E-state index contributed by atoms with van der Waals surface area (Å²) in [4.78, 5) is 23.3. The average Bonchev–Trinajstić information content (AvgIpc) is 3.25. The van der Waals surface area contributed by atoms with Crippen LogP contribution in [0.15, 0.2) is 12.4 Å². The number of nitrogens with two attached hydrogens (primary N) is 1. The molecule has 0 spiro atoms. The van der Waals surface area contributed by atoms with E-state index >= 15 is 0 Å². The first-order valence-electron chi connectivity index (χ1n) is 9.44. The van der Waals surface area contributed by atoms with Gasteiger partial charge in [-0.1, -0.05) is 13.8 Å². The number of carbonyl (C=O) groups is 1. The van der Waals surface area contributed by atoms with Gasteiger partial charge in [0.2, 0.25) is 11.9 Å². The first kappa shape index (κ1) is 19.7. The molecule has 0 radical (unpaired) electrons. The Morgan fingerprint density at radius 3 is 2.71 bits per heavy atom. The lowest BCUT2D eigenvalue weighted by atomic mass is 10.1. The Hall–Kier alpha value is -3.01. The Kier molecular flexibility index (Phi) is 5.88. The molecular weight excluding hydrogens is 358 g/mol. The molecule has 10 nitrogen and oxygen atoms in total. The van der Waals surface area contributed by atoms with Gasteiger partial charge in [-0.25, -0.2) is 4.98 Å². The van der Waals surface area contributed by atoms with Gasteiger partial charge >= 0.3 is 0 Å². The summed E-state index contributed by atoms with van der Waals surface area (Å²) in [6, 6.07) is 0. The van der Waals surface area contributed by atoms with E-state index in [-0.39, 0.29) is 18.3 Å². The highest BCUT2D eigenvalue weighted by Gasteiger charge is 2.16. The molecule has 3 N–H and O–H groups in total. The van der Waals surface area contributed by atoms with Gasteiger partial charge in [0, 0.05) is 29.7 Å². The Labute approximate surface area is 163 Å². The van der Waals surface area contributed by atoms with E-state index in [4.69, 9.17) is 5.73 Å². The molecule has 0 aliphatic carbocycles. The lowest BCUT2D eigenvalue weighted by molar-refractivity contribution is -0.115. The summed E-state index contributed by atoms with van der Waals surface area (Å²) in [5.74, 6) is 0.462. The van der Waals surface area contributed by atoms with Crippen molar-refractivity contribution in [2.75, 3.05) is 30.7 Å². The third-order valence-corrected chi connectivity index (χ3v) is 4.86. The monoisotopic (exact) mass is 385 g/mol. The third kappa shape index (κ3) is 4.28. The highest BCUT2D eigenvalue weighted by atomic mass is 16.1. The Balaban J connectivity index is 1.66. The number of nitrogens with zero attached hydrogens (tertiary/aromatic N) is 7. The average molecular weight is 385 g/mol. The van der Waals surface area contributed by atoms with Crippen LogP contribution in [-0.4, -0.2) is 59.8 Å². The predicted molar refractivity (Wildman–Crippen MR) is 107 cm³/mol. The lowest BCUT2D eigenvalue weighted by Crippen LogP contribution is -2.27. The Morgan fingerprint density at radius 2 is 2.00 bits per heavy atom. The minimum atomic E-state index is -0.135. The number of nitrogens with one attached hydrogen (secondary N) is 1. The molecule has 0 unspecified atom stereocenters. The number of rotatable bonds is 8. The maximum absolute atomic E-state index is 12.5. The van der Waals surface area contributed by atoms with Gasteiger partial charge in [-0.15, -0.1) is 5.10 Å². The van der Waals surface area contributed by atoms with Gasteiger partial charge in [-0.3, -0.25) is 9.48 Å². The van der Waals surface area contributed by atoms with Gasteiger partial charge in [0.25, 0.3) is 5.78 Å². The fourth-order valence-electron chi connectivity index (χ4n) is 3.18. The van der Waals surface area contributed by atoms with Gasteiger partial charge in [0.1, 0.15) is 0 Å². The molecule has 10 heteroatoms. The van der Waals surface area contributed by atoms with E-state index in [0.29, 0.717) is 11.5 Å². The SMILES string of the molecule is CCN(CC)CCn1cc(NC(=O)Cc2c(C)nc3nc(N)nn3c2C)cn1. The molecule has 0 aromatic carbocycles. The standard InChI is InChI=1S/C18H27N9O/c1-5-25(6-2)7-8-26-11-14(10-20-26)22-16(28)9-15-12(3)21-18-23-17(19)24-27(18)13(15)4/h10-11H,5-9H2,1-4H3,(H2,19,24)(H,22,28). The molecule has 0 aliphatic heterocycles. The number of aryl methyl sites for hydroxylation is 2. The fraction of sp³-hybridized carbons (Fsp3) is 0.500. The summed E-state index contributed by atoms with van der Waals surface area (Å²) >= 11 is 0. The smallest absolute Gasteiger partial charge is 0.254 e. The van der Waals surface area contributed by atoms with Crippen LogP contribution in [0.4, 0.5) is 11.6 Å². The number of aromatic nitrogens is 6. The van der Waals surface area contributed by atoms with Crippen LogP contribution in [0.3, 0.4) is 0 Å². The highest BCUT2D eigenvalue weighted by Crippen LogP contribution is 2.16. The summed E-state index contributed by atoms with van der Waals surface area (Å²) in [7, 11) is 0. The molecular formula is C18H27N9O. The van der Waals surface area contributed by atoms with Crippen molar-refractivity contribution in [2.45, 2.75) is 40.7 Å². The van der Waals surface area contributed by atoms with E-state index in [1.54, 1.807) is 10.7 Å². The molecule has 28 heavy (non-hydrogen) atoms. The molecule has 0 fully saturated rings. The van der Waals surface area contributed by atoms with Crippen molar-refractivity contribution in [3.63, 3.8) is 0 Å². The van der Waals surface area contributed by atoms with Crippen molar-refractivity contribution in [1.29, 1.82) is 0 Å². The van der Waals surface area contributed by atoms with Crippen molar-refractivity contribution in [3.8, 4) is 0 Å². The number of carbonyl (C=O) groups excluding carboxylic acids is 1. The first-order valence-corrected chi connectivity index (χ1v) is 9.44. The van der Waals surface area contributed by atoms with E-state index in [9.17, 15) is 4.79 Å². The van der Waals surface area contributed by atoms with Crippen LogP contribution in [0, 0.1) is 13.8 Å². The zero-order valence-electron chi connectivity index (χ0n) is 16.8. The number of nitrogen functional groups attached to an aromatic ring is 1. The van der Waals surface area contributed by atoms with Gasteiger partial charge in [-0.2, -0.15) is 14.6 Å². The van der Waals surface area contributed by atoms with Crippen molar-refractivity contribution in [2.24, 2.45) is 0 Å². The minimum Gasteiger partial charge on any atom is -0.366 e. The van der Waals surface area contributed by atoms with E-state index in [1.807, 2.05) is 24.7 Å². The molecule has 3 aromatic rings. The summed E-state index contributed by atoms with van der Waals surface area (Å²) in [6.45, 7) is 11.7. The maximum Gasteiger partial charge on any atom is 0.254 e. The second kappa shape index (κ2) is 8.34. The fourth-order valence-corrected chi connectivity index (χ4v) is 3.18. The molecule has 150 valence electrons. The zero-order chi connectivity index (χ0) is 20.3. The second-order valence-corrected chi connectivity index (χ2v) is 6.69. The van der Waals surface area contributed by atoms with E-state index in [1.165, 1.54) is 0 Å². The molecule has 3 aromatic heterocycles. The lowest BCUT2D eigenvalue weighted by Gasteiger charge is -2.17. The summed E-state index contributed by atoms with van der Waals surface area (Å²) in [6.07, 6.45) is 3.70. The number of hydrogen-bond donors (Lipinski definition) is 2. The predicted octanol–water partition coefficient (Wildman–Crippen LogP) is 1.04. The van der Waals surface area contributed by atoms with Crippen molar-refractivity contribution >= 4 is 23.3 Å². The van der Waals surface area contributed by atoms with Gasteiger partial charge in [0.15, 0.2) is 0 Å². The molecule has 3 rings (SSSR count). The number of amides is 1. The quantitative estimate of drug-likeness (QED) is 0.594. The maximum atomic E-state index is 12.5. The largest absolute Gasteiger partial charge is 0.366 e. The van der Waals surface area contributed by atoms with Crippen LogP contribution in [0.2, 0.25) is 0 Å². The number of fused-ring (bicyclic) bond motifs is 1. The highest BCUT2D eigenvalue weighted by molar-refractivity contribution is 5.92. The van der Waals surface area contributed by atoms with Crippen molar-refractivity contribution in [3.05, 3.63) is 29.3 Å². The zero-order valence-corrected chi connectivity index (χ0v) is 16.8. The van der Waals surface area contributed by atoms with Crippen molar-refractivity contribution < 1.29 is 4.79 Å². The van der Waals surface area contributed by atoms with E-state index in [2.05, 4.69) is 44.2 Å². The van der Waals surface area contributed by atoms with Gasteiger partial charge < -0.3 is 16.0 Å². The molecule has 0 aliphatic rings. The summed E-state index contributed by atoms with van der Waals surface area (Å²) in [5, 5.41) is 11.4. The Morgan fingerprint density at radius 1 is 1.25 bits per heavy atom. The van der Waals surface area contributed by atoms with Crippen LogP contribution < -0.4 is 11.1 Å². The molecule has 0 saturated heterocycles. The number of anilines is 2. The number of hydrogen-bond acceptors (Lipinski definition) is 7. The van der Waals surface area contributed by atoms with Gasteiger partial charge in [-0.05, 0) is 26.9 Å². The number of likely N-dealkylation sites (N-methyl/N-ethyl adjacent to an activating group) is 1. The summed E-state index contributed by atoms with van der Waals surface area (Å²) in [5.41, 5.74) is 8.68. The molecule has 0 atom stereocenters. The molecule has 3 heterocycles. The summed E-state index contributed by atoms with van der Waals surface area (Å²) < 4.78 is 3.41. The Bertz CT molecular complexity index is 971. The van der Waals surface area contributed by atoms with Crippen LogP contribution in [-0.2, 0) is 17.8 Å². The third-order valence-electron chi connectivity index (χ3n) is 4.86. The van der Waals surface area contributed by atoms with Crippen LogP contribution in [0.25, 0.3) is 5.78 Å². The molecule has 1 amide bonds. The van der Waals surface area contributed by atoms with Crippen LogP contribution in [0.1, 0.15) is 30.8 Å². The second-order valence-electron chi connectivity index (χ2n) is 6.69. The van der Waals surface area contributed by atoms with Crippen LogP contribution in [0.5, 0.6) is 0 Å². The minimum absolute atomic E-state index is 0.135. The van der Waals surface area contributed by atoms with E-state index in [0.717, 1.165) is 43.1 Å². The van der Waals surface area contributed by atoms with Crippen LogP contribution >= 0.6 is 0 Å². The molecule has 0 saturated carbocycles. The topological polar surface area (TPSA) is 119 Å². The van der Waals surface area contributed by atoms with Gasteiger partial charge in [0.05, 0.1) is 24.8 Å². The molecule has 0 bridgehead atoms. The first-order chi connectivity index (χ1) is 13.4.